The molecule has 0 unspecified atom stereocenters. The normalized spacial score (nSPS) is 9.29. The average Bonchev–Trinajstić information content (AvgIpc) is 2.67. The molecule has 2 rings (SSSR count). The third-order valence-electron chi connectivity index (χ3n) is 1.76. The molecule has 1 aromatic carbocycles. The van der Waals surface area contributed by atoms with E-state index in [-0.39, 0.29) is 5.69 Å². The van der Waals surface area contributed by atoms with Gasteiger partial charge in [-0.2, -0.15) is 0 Å². The first-order chi connectivity index (χ1) is 6.79. The number of H-pyrrole nitrogens is 1. The second-order valence-electron chi connectivity index (χ2n) is 2.48. The maximum atomic E-state index is 10.5. The molecule has 0 bridgehead atoms. The Kier molecular flexibility index (Phi) is 3.23. The molecule has 14 heavy (non-hydrogen) atoms. The molecule has 0 aliphatic rings. The predicted octanol–water partition coefficient (Wildman–Crippen LogP) is 3.10. The van der Waals surface area contributed by atoms with E-state index in [9.17, 15) is 10.1 Å². The van der Waals surface area contributed by atoms with Gasteiger partial charge in [0.05, 0.1) is 4.92 Å². The van der Waals surface area contributed by atoms with Gasteiger partial charge < -0.3 is 4.98 Å². The van der Waals surface area contributed by atoms with Crippen LogP contribution < -0.4 is 0 Å². The van der Waals surface area contributed by atoms with Crippen LogP contribution in [0.1, 0.15) is 13.8 Å². The predicted molar refractivity (Wildman–Crippen MR) is 56.3 cm³/mol. The highest BCUT2D eigenvalue weighted by Crippen LogP contribution is 2.22. The van der Waals surface area contributed by atoms with E-state index in [4.69, 9.17) is 0 Å². The fourth-order valence-electron chi connectivity index (χ4n) is 1.22. The van der Waals surface area contributed by atoms with Gasteiger partial charge in [0.25, 0.3) is 5.69 Å². The van der Waals surface area contributed by atoms with E-state index in [1.807, 2.05) is 26.0 Å². The molecule has 0 aliphatic carbocycles. The van der Waals surface area contributed by atoms with Crippen molar-refractivity contribution < 1.29 is 4.92 Å². The molecule has 0 amide bonds. The van der Waals surface area contributed by atoms with Gasteiger partial charge in [0.1, 0.15) is 5.52 Å². The summed E-state index contributed by atoms with van der Waals surface area (Å²) in [5.41, 5.74) is 0.708. The van der Waals surface area contributed by atoms with Crippen LogP contribution in [0.2, 0.25) is 0 Å². The molecular weight excluding hydrogens is 180 g/mol. The lowest BCUT2D eigenvalue weighted by atomic mass is 10.2. The lowest BCUT2D eigenvalue weighted by Crippen LogP contribution is -1.88. The zero-order valence-corrected chi connectivity index (χ0v) is 8.15. The van der Waals surface area contributed by atoms with Gasteiger partial charge in [-0.3, -0.25) is 10.1 Å². The van der Waals surface area contributed by atoms with Crippen LogP contribution in [-0.2, 0) is 0 Å². The van der Waals surface area contributed by atoms with Crippen molar-refractivity contribution in [3.63, 3.8) is 0 Å². The van der Waals surface area contributed by atoms with Crippen molar-refractivity contribution in [1.29, 1.82) is 0 Å². The number of aromatic amines is 1. The Balaban J connectivity index is 0.000000461. The molecule has 0 saturated carbocycles. The quantitative estimate of drug-likeness (QED) is 0.557. The zero-order chi connectivity index (χ0) is 10.6. The topological polar surface area (TPSA) is 58.9 Å². The highest BCUT2D eigenvalue weighted by Gasteiger charge is 2.10. The van der Waals surface area contributed by atoms with E-state index in [0.717, 1.165) is 5.39 Å². The largest absolute Gasteiger partial charge is 0.356 e. The fourth-order valence-corrected chi connectivity index (χ4v) is 1.22. The van der Waals surface area contributed by atoms with Gasteiger partial charge in [-0.25, -0.2) is 0 Å². The third-order valence-corrected chi connectivity index (χ3v) is 1.76. The van der Waals surface area contributed by atoms with E-state index in [0.29, 0.717) is 5.52 Å². The Hall–Kier alpha value is -1.84. The van der Waals surface area contributed by atoms with E-state index < -0.39 is 4.92 Å². The summed E-state index contributed by atoms with van der Waals surface area (Å²) in [5.74, 6) is 0. The monoisotopic (exact) mass is 192 g/mol. The molecule has 0 saturated heterocycles. The zero-order valence-electron chi connectivity index (χ0n) is 8.15. The van der Waals surface area contributed by atoms with Gasteiger partial charge in [0.2, 0.25) is 0 Å². The van der Waals surface area contributed by atoms with Crippen LogP contribution in [0, 0.1) is 10.1 Å². The maximum absolute atomic E-state index is 10.5. The van der Waals surface area contributed by atoms with Crippen molar-refractivity contribution in [2.45, 2.75) is 13.8 Å². The number of aromatic nitrogens is 1. The summed E-state index contributed by atoms with van der Waals surface area (Å²) in [7, 11) is 0. The maximum Gasteiger partial charge on any atom is 0.293 e. The summed E-state index contributed by atoms with van der Waals surface area (Å²) >= 11 is 0. The Bertz CT molecular complexity index is 434. The molecule has 2 aromatic rings. The number of hydrogen-bond donors (Lipinski definition) is 1. The first-order valence-electron chi connectivity index (χ1n) is 4.49. The van der Waals surface area contributed by atoms with E-state index in [2.05, 4.69) is 4.98 Å². The van der Waals surface area contributed by atoms with Crippen molar-refractivity contribution in [3.05, 3.63) is 40.6 Å². The number of non-ortho nitro benzene ring substituents is 1. The van der Waals surface area contributed by atoms with Gasteiger partial charge >= 0.3 is 0 Å². The lowest BCUT2D eigenvalue weighted by Gasteiger charge is -1.91. The van der Waals surface area contributed by atoms with Crippen LogP contribution >= 0.6 is 0 Å². The molecule has 0 fully saturated rings. The first kappa shape index (κ1) is 10.2. The van der Waals surface area contributed by atoms with Crippen molar-refractivity contribution in [2.75, 3.05) is 0 Å². The van der Waals surface area contributed by atoms with Crippen molar-refractivity contribution in [3.8, 4) is 0 Å². The van der Waals surface area contributed by atoms with Gasteiger partial charge in [-0.1, -0.05) is 26.0 Å². The van der Waals surface area contributed by atoms with E-state index >= 15 is 0 Å². The van der Waals surface area contributed by atoms with Crippen LogP contribution in [0.5, 0.6) is 0 Å². The van der Waals surface area contributed by atoms with E-state index in [1.165, 1.54) is 6.07 Å². The summed E-state index contributed by atoms with van der Waals surface area (Å²) in [6.07, 6.45) is 1.69. The molecule has 74 valence electrons. The van der Waals surface area contributed by atoms with Crippen molar-refractivity contribution in [1.82, 2.24) is 4.98 Å². The Morgan fingerprint density at radius 1 is 1.29 bits per heavy atom. The number of fused-ring (bicyclic) bond motifs is 1. The van der Waals surface area contributed by atoms with Crippen LogP contribution in [0.3, 0.4) is 0 Å². The number of benzene rings is 1. The summed E-state index contributed by atoms with van der Waals surface area (Å²) < 4.78 is 0. The van der Waals surface area contributed by atoms with Gasteiger partial charge in [-0.15, -0.1) is 0 Å². The number of para-hydroxylation sites is 1. The smallest absolute Gasteiger partial charge is 0.293 e. The SMILES string of the molecule is CC.O=[N+]([O-])c1cccc2cc[nH]c12. The standard InChI is InChI=1S/C8H6N2O2.C2H6/c11-10(12)7-3-1-2-6-4-5-9-8(6)7;1-2/h1-5,9H;1-2H3. The van der Waals surface area contributed by atoms with Crippen molar-refractivity contribution >= 4 is 16.6 Å². The second-order valence-corrected chi connectivity index (χ2v) is 2.48. The van der Waals surface area contributed by atoms with Crippen LogP contribution in [0.4, 0.5) is 5.69 Å². The summed E-state index contributed by atoms with van der Waals surface area (Å²) in [6.45, 7) is 4.00. The number of hydrogen-bond acceptors (Lipinski definition) is 2. The number of rotatable bonds is 1. The summed E-state index contributed by atoms with van der Waals surface area (Å²) in [5, 5.41) is 11.4. The summed E-state index contributed by atoms with van der Waals surface area (Å²) in [4.78, 5) is 12.9. The number of nitrogens with zero attached hydrogens (tertiary/aromatic N) is 1. The van der Waals surface area contributed by atoms with Gasteiger partial charge in [0.15, 0.2) is 0 Å². The number of nitro groups is 1. The first-order valence-corrected chi connectivity index (χ1v) is 4.49. The molecule has 0 spiro atoms. The Morgan fingerprint density at radius 2 is 2.00 bits per heavy atom. The molecule has 0 atom stereocenters. The Labute approximate surface area is 81.7 Å². The highest BCUT2D eigenvalue weighted by molar-refractivity contribution is 5.87. The molecule has 4 heteroatoms. The minimum atomic E-state index is -0.390. The third kappa shape index (κ3) is 1.74. The fraction of sp³-hybridized carbons (Fsp3) is 0.200. The molecule has 1 N–H and O–H groups in total. The molecule has 1 aromatic heterocycles. The minimum absolute atomic E-state index is 0.123. The van der Waals surface area contributed by atoms with Gasteiger partial charge in [-0.05, 0) is 6.07 Å². The van der Waals surface area contributed by atoms with Crippen LogP contribution in [-0.4, -0.2) is 9.91 Å². The molecule has 4 nitrogen and oxygen atoms in total. The summed E-state index contributed by atoms with van der Waals surface area (Å²) in [6, 6.07) is 6.80. The minimum Gasteiger partial charge on any atom is -0.356 e. The molecule has 1 heterocycles. The number of nitro benzene ring substituents is 1. The molecule has 0 aliphatic heterocycles. The Morgan fingerprint density at radius 3 is 2.64 bits per heavy atom. The average molecular weight is 192 g/mol. The van der Waals surface area contributed by atoms with E-state index in [1.54, 1.807) is 12.3 Å². The highest BCUT2D eigenvalue weighted by atomic mass is 16.6. The lowest BCUT2D eigenvalue weighted by molar-refractivity contribution is -0.383. The number of nitrogens with one attached hydrogen (secondary N) is 1. The molecule has 0 radical (unpaired) electrons. The molecular formula is C10H12N2O2. The van der Waals surface area contributed by atoms with Crippen molar-refractivity contribution in [2.24, 2.45) is 0 Å². The van der Waals surface area contributed by atoms with Crippen LogP contribution in [0.25, 0.3) is 10.9 Å². The second kappa shape index (κ2) is 4.41. The van der Waals surface area contributed by atoms with Gasteiger partial charge in [0, 0.05) is 17.6 Å². The van der Waals surface area contributed by atoms with Crippen LogP contribution in [0.15, 0.2) is 30.5 Å².